The molecule has 0 aromatic heterocycles. The van der Waals surface area contributed by atoms with Crippen LogP contribution in [0.25, 0.3) is 0 Å². The average molecular weight is 362 g/mol. The molecule has 2 rings (SSSR count). The summed E-state index contributed by atoms with van der Waals surface area (Å²) in [5.74, 6) is -4.04. The van der Waals surface area contributed by atoms with Gasteiger partial charge in [-0.3, -0.25) is 10.1 Å². The van der Waals surface area contributed by atoms with Crippen LogP contribution in [0.2, 0.25) is 0 Å². The summed E-state index contributed by atoms with van der Waals surface area (Å²) in [6.45, 7) is 1.95. The molecule has 0 aliphatic rings. The molecular formula is C18H16F2N2O4. The van der Waals surface area contributed by atoms with Gasteiger partial charge in [-0.1, -0.05) is 30.3 Å². The van der Waals surface area contributed by atoms with E-state index >= 15 is 0 Å². The molecule has 0 fully saturated rings. The third-order valence-corrected chi connectivity index (χ3v) is 3.29. The maximum absolute atomic E-state index is 13.8. The highest BCUT2D eigenvalue weighted by Crippen LogP contribution is 2.21. The number of nitrogens with one attached hydrogen (secondary N) is 2. The summed E-state index contributed by atoms with van der Waals surface area (Å²) < 4.78 is 31.8. The number of esters is 1. The average Bonchev–Trinajstić information content (AvgIpc) is 2.60. The second kappa shape index (κ2) is 8.70. The van der Waals surface area contributed by atoms with E-state index in [0.717, 1.165) is 12.1 Å². The Hall–Kier alpha value is -3.29. The molecule has 26 heavy (non-hydrogen) atoms. The molecule has 2 aromatic rings. The van der Waals surface area contributed by atoms with Crippen LogP contribution in [0.15, 0.2) is 48.5 Å². The van der Waals surface area contributed by atoms with Gasteiger partial charge >= 0.3 is 12.0 Å². The maximum Gasteiger partial charge on any atom is 0.342 e. The summed E-state index contributed by atoms with van der Waals surface area (Å²) in [5, 5.41) is 4.41. The zero-order valence-corrected chi connectivity index (χ0v) is 13.8. The first kappa shape index (κ1) is 19.0. The summed E-state index contributed by atoms with van der Waals surface area (Å²) in [5.41, 5.74) is -0.247. The molecule has 0 saturated heterocycles. The van der Waals surface area contributed by atoms with E-state index in [1.54, 1.807) is 25.1 Å². The first-order valence-electron chi connectivity index (χ1n) is 7.72. The van der Waals surface area contributed by atoms with Crippen LogP contribution in [0.3, 0.4) is 0 Å². The van der Waals surface area contributed by atoms with Gasteiger partial charge in [-0.15, -0.1) is 0 Å². The lowest BCUT2D eigenvalue weighted by molar-refractivity contribution is -0.129. The van der Waals surface area contributed by atoms with Gasteiger partial charge in [-0.05, 0) is 19.1 Å². The summed E-state index contributed by atoms with van der Waals surface area (Å²) in [6, 6.07) is 9.49. The molecule has 8 heteroatoms. The van der Waals surface area contributed by atoms with Gasteiger partial charge in [0, 0.05) is 18.2 Å². The van der Waals surface area contributed by atoms with Gasteiger partial charge in [0.15, 0.2) is 0 Å². The van der Waals surface area contributed by atoms with Crippen LogP contribution >= 0.6 is 0 Å². The Morgan fingerprint density at radius 3 is 2.38 bits per heavy atom. The first-order valence-corrected chi connectivity index (χ1v) is 7.72. The highest BCUT2D eigenvalue weighted by Gasteiger charge is 2.28. The van der Waals surface area contributed by atoms with Crippen molar-refractivity contribution >= 4 is 17.9 Å². The number of amides is 3. The Morgan fingerprint density at radius 2 is 1.77 bits per heavy atom. The van der Waals surface area contributed by atoms with Crippen LogP contribution in [0.4, 0.5) is 13.6 Å². The fraction of sp³-hybridized carbons (Fsp3) is 0.167. The molecular weight excluding hydrogens is 346 g/mol. The number of rotatable bonds is 5. The summed E-state index contributed by atoms with van der Waals surface area (Å²) in [6.07, 6.45) is -1.49. The second-order valence-corrected chi connectivity index (χ2v) is 5.17. The number of carbonyl (C=O) groups is 3. The van der Waals surface area contributed by atoms with E-state index in [9.17, 15) is 23.2 Å². The van der Waals surface area contributed by atoms with E-state index < -0.39 is 41.2 Å². The van der Waals surface area contributed by atoms with Crippen molar-refractivity contribution in [2.24, 2.45) is 0 Å². The number of hydrogen-bond donors (Lipinski definition) is 2. The SMILES string of the molecule is CCNC(=O)NC(=O)[C@H](OC(=O)c1ccc(F)cc1F)c1ccccc1. The van der Waals surface area contributed by atoms with Gasteiger partial charge in [-0.2, -0.15) is 0 Å². The Balaban J connectivity index is 2.25. The third-order valence-electron chi connectivity index (χ3n) is 3.29. The molecule has 3 amide bonds. The summed E-state index contributed by atoms with van der Waals surface area (Å²) in [4.78, 5) is 36.1. The van der Waals surface area contributed by atoms with Crippen LogP contribution < -0.4 is 10.6 Å². The van der Waals surface area contributed by atoms with Gasteiger partial charge in [0.05, 0.1) is 5.56 Å². The summed E-state index contributed by atoms with van der Waals surface area (Å²) >= 11 is 0. The van der Waals surface area contributed by atoms with Crippen molar-refractivity contribution in [3.63, 3.8) is 0 Å². The predicted octanol–water partition coefficient (Wildman–Crippen LogP) is 2.71. The van der Waals surface area contributed by atoms with Crippen molar-refractivity contribution in [1.29, 1.82) is 0 Å². The second-order valence-electron chi connectivity index (χ2n) is 5.17. The van der Waals surface area contributed by atoms with Crippen LogP contribution in [0, 0.1) is 11.6 Å². The smallest absolute Gasteiger partial charge is 0.342 e. The number of carbonyl (C=O) groups excluding carboxylic acids is 3. The van der Waals surface area contributed by atoms with Gasteiger partial charge in [-0.25, -0.2) is 18.4 Å². The molecule has 0 heterocycles. The van der Waals surface area contributed by atoms with Crippen LogP contribution in [-0.2, 0) is 9.53 Å². The minimum atomic E-state index is -1.49. The molecule has 0 saturated carbocycles. The lowest BCUT2D eigenvalue weighted by Gasteiger charge is -2.18. The standard InChI is InChI=1S/C18H16F2N2O4/c1-2-21-18(25)22-16(23)15(11-6-4-3-5-7-11)26-17(24)13-9-8-12(19)10-14(13)20/h3-10,15H,2H2,1H3,(H2,21,22,23,25)/t15-/m1/s1. The molecule has 0 spiro atoms. The Morgan fingerprint density at radius 1 is 1.08 bits per heavy atom. The topological polar surface area (TPSA) is 84.5 Å². The Labute approximate surface area is 148 Å². The number of urea groups is 1. The van der Waals surface area contributed by atoms with E-state index in [1.165, 1.54) is 12.1 Å². The maximum atomic E-state index is 13.8. The molecule has 6 nitrogen and oxygen atoms in total. The van der Waals surface area contributed by atoms with E-state index in [-0.39, 0.29) is 12.1 Å². The zero-order valence-electron chi connectivity index (χ0n) is 13.8. The lowest BCUT2D eigenvalue weighted by Crippen LogP contribution is -2.42. The number of ether oxygens (including phenoxy) is 1. The number of benzene rings is 2. The molecule has 0 bridgehead atoms. The van der Waals surface area contributed by atoms with Crippen molar-refractivity contribution < 1.29 is 27.9 Å². The fourth-order valence-corrected chi connectivity index (χ4v) is 2.11. The minimum Gasteiger partial charge on any atom is -0.444 e. The van der Waals surface area contributed by atoms with E-state index in [1.807, 2.05) is 5.32 Å². The quantitative estimate of drug-likeness (QED) is 0.801. The van der Waals surface area contributed by atoms with Gasteiger partial charge in [0.2, 0.25) is 6.10 Å². The van der Waals surface area contributed by atoms with E-state index in [4.69, 9.17) is 4.74 Å². The molecule has 0 unspecified atom stereocenters. The first-order chi connectivity index (χ1) is 12.4. The van der Waals surface area contributed by atoms with Crippen LogP contribution in [0.5, 0.6) is 0 Å². The zero-order chi connectivity index (χ0) is 19.1. The number of imide groups is 1. The normalized spacial score (nSPS) is 11.3. The largest absolute Gasteiger partial charge is 0.444 e. The highest BCUT2D eigenvalue weighted by atomic mass is 19.1. The van der Waals surface area contributed by atoms with Crippen molar-refractivity contribution in [3.05, 3.63) is 71.3 Å². The van der Waals surface area contributed by atoms with E-state index in [0.29, 0.717) is 6.07 Å². The predicted molar refractivity (Wildman–Crippen MR) is 88.2 cm³/mol. The fourth-order valence-electron chi connectivity index (χ4n) is 2.11. The third kappa shape index (κ3) is 4.85. The number of hydrogen-bond acceptors (Lipinski definition) is 4. The highest BCUT2D eigenvalue weighted by molar-refractivity contribution is 5.99. The lowest BCUT2D eigenvalue weighted by atomic mass is 10.1. The van der Waals surface area contributed by atoms with Crippen LogP contribution in [0.1, 0.15) is 28.9 Å². The molecule has 1 atom stereocenters. The molecule has 2 aromatic carbocycles. The minimum absolute atomic E-state index is 0.283. The van der Waals surface area contributed by atoms with Gasteiger partial charge in [0.1, 0.15) is 11.6 Å². The molecule has 2 N–H and O–H groups in total. The van der Waals surface area contributed by atoms with Crippen molar-refractivity contribution in [3.8, 4) is 0 Å². The van der Waals surface area contributed by atoms with Gasteiger partial charge < -0.3 is 10.1 Å². The monoisotopic (exact) mass is 362 g/mol. The molecule has 0 aliphatic heterocycles. The number of halogens is 2. The Kier molecular flexibility index (Phi) is 6.37. The Bertz CT molecular complexity index is 812. The van der Waals surface area contributed by atoms with Crippen molar-refractivity contribution in [2.75, 3.05) is 6.54 Å². The van der Waals surface area contributed by atoms with Crippen LogP contribution in [-0.4, -0.2) is 24.5 Å². The molecule has 136 valence electrons. The van der Waals surface area contributed by atoms with Crippen molar-refractivity contribution in [1.82, 2.24) is 10.6 Å². The van der Waals surface area contributed by atoms with Gasteiger partial charge in [0.25, 0.3) is 5.91 Å². The van der Waals surface area contributed by atoms with Crippen molar-refractivity contribution in [2.45, 2.75) is 13.0 Å². The van der Waals surface area contributed by atoms with E-state index in [2.05, 4.69) is 5.32 Å². The molecule has 0 aliphatic carbocycles. The summed E-state index contributed by atoms with van der Waals surface area (Å²) in [7, 11) is 0. The molecule has 0 radical (unpaired) electrons.